The first kappa shape index (κ1) is 14.8. The predicted molar refractivity (Wildman–Crippen MR) is 76.1 cm³/mol. The fourth-order valence-corrected chi connectivity index (χ4v) is 2.03. The second-order valence-electron chi connectivity index (χ2n) is 4.70. The molecule has 6 heteroatoms. The van der Waals surface area contributed by atoms with Crippen molar-refractivity contribution in [3.8, 4) is 11.3 Å². The van der Waals surface area contributed by atoms with Crippen LogP contribution in [0.25, 0.3) is 11.3 Å². The Balaban J connectivity index is 2.46. The molecule has 1 N–H and O–H groups in total. The van der Waals surface area contributed by atoms with Crippen LogP contribution in [-0.4, -0.2) is 40.5 Å². The summed E-state index contributed by atoms with van der Waals surface area (Å²) in [4.78, 5) is 28.9. The van der Waals surface area contributed by atoms with E-state index in [1.807, 2.05) is 6.92 Å². The first-order valence-corrected chi connectivity index (χ1v) is 6.55. The Morgan fingerprint density at radius 3 is 2.57 bits per heavy atom. The van der Waals surface area contributed by atoms with Gasteiger partial charge in [-0.15, -0.1) is 0 Å². The van der Waals surface area contributed by atoms with Gasteiger partial charge < -0.3 is 14.4 Å². The summed E-state index contributed by atoms with van der Waals surface area (Å²) in [6.45, 7) is 2.57. The highest BCUT2D eigenvalue weighted by Crippen LogP contribution is 2.23. The minimum Gasteiger partial charge on any atom is -0.478 e. The van der Waals surface area contributed by atoms with E-state index in [-0.39, 0.29) is 11.5 Å². The number of aromatic carboxylic acids is 1. The lowest BCUT2D eigenvalue weighted by molar-refractivity contribution is 0.0697. The van der Waals surface area contributed by atoms with Crippen LogP contribution in [0.4, 0.5) is 0 Å². The molecule has 1 heterocycles. The molecule has 1 aromatic heterocycles. The highest BCUT2D eigenvalue weighted by atomic mass is 16.4. The van der Waals surface area contributed by atoms with Gasteiger partial charge in [0.25, 0.3) is 5.91 Å². The summed E-state index contributed by atoms with van der Waals surface area (Å²) in [5, 5.41) is 9.18. The van der Waals surface area contributed by atoms with E-state index in [4.69, 9.17) is 4.42 Å². The quantitative estimate of drug-likeness (QED) is 0.914. The zero-order valence-electron chi connectivity index (χ0n) is 11.9. The van der Waals surface area contributed by atoms with Crippen molar-refractivity contribution >= 4 is 11.9 Å². The summed E-state index contributed by atoms with van der Waals surface area (Å²) >= 11 is 0. The van der Waals surface area contributed by atoms with Crippen molar-refractivity contribution in [1.82, 2.24) is 9.88 Å². The molecule has 0 aliphatic rings. The average Bonchev–Trinajstić information content (AvgIpc) is 3.00. The molecule has 0 unspecified atom stereocenters. The molecule has 0 spiro atoms. The summed E-state index contributed by atoms with van der Waals surface area (Å²) in [6.07, 6.45) is 3.56. The van der Waals surface area contributed by atoms with Gasteiger partial charge in [-0.05, 0) is 24.6 Å². The Hall–Kier alpha value is -2.63. The lowest BCUT2D eigenvalue weighted by Crippen LogP contribution is -2.27. The Labute approximate surface area is 122 Å². The van der Waals surface area contributed by atoms with Crippen LogP contribution >= 0.6 is 0 Å². The Kier molecular flexibility index (Phi) is 4.37. The van der Waals surface area contributed by atoms with Crippen molar-refractivity contribution in [2.24, 2.45) is 0 Å². The maximum Gasteiger partial charge on any atom is 0.335 e. The molecule has 110 valence electrons. The highest BCUT2D eigenvalue weighted by molar-refractivity contribution is 5.99. The third-order valence-corrected chi connectivity index (χ3v) is 3.05. The molecule has 0 aliphatic heterocycles. The Bertz CT molecular complexity index is 650. The van der Waals surface area contributed by atoms with Crippen molar-refractivity contribution in [2.45, 2.75) is 13.3 Å². The number of carboxylic acids is 1. The number of carbonyl (C=O) groups excluding carboxylic acids is 1. The van der Waals surface area contributed by atoms with E-state index in [1.54, 1.807) is 18.0 Å². The van der Waals surface area contributed by atoms with Crippen LogP contribution in [-0.2, 0) is 0 Å². The third kappa shape index (κ3) is 3.28. The average molecular weight is 288 g/mol. The zero-order valence-corrected chi connectivity index (χ0v) is 11.9. The molecule has 0 saturated heterocycles. The lowest BCUT2D eigenvalue weighted by atomic mass is 10.0. The number of amides is 1. The van der Waals surface area contributed by atoms with Gasteiger partial charge in [0, 0.05) is 24.7 Å². The molecule has 21 heavy (non-hydrogen) atoms. The molecule has 0 aliphatic carbocycles. The highest BCUT2D eigenvalue weighted by Gasteiger charge is 2.16. The molecular formula is C15H16N2O4. The number of hydrogen-bond donors (Lipinski definition) is 1. The predicted octanol–water partition coefficient (Wildman–Crippen LogP) is 2.52. The van der Waals surface area contributed by atoms with Gasteiger partial charge in [0.1, 0.15) is 0 Å². The molecule has 1 amide bonds. The fourth-order valence-electron chi connectivity index (χ4n) is 2.03. The number of aromatic nitrogens is 1. The third-order valence-electron chi connectivity index (χ3n) is 3.05. The fraction of sp³-hybridized carbons (Fsp3) is 0.267. The van der Waals surface area contributed by atoms with Gasteiger partial charge in [-0.3, -0.25) is 4.79 Å². The first-order chi connectivity index (χ1) is 10.0. The molecule has 0 atom stereocenters. The van der Waals surface area contributed by atoms with Gasteiger partial charge in [0.2, 0.25) is 0 Å². The van der Waals surface area contributed by atoms with Crippen LogP contribution < -0.4 is 0 Å². The van der Waals surface area contributed by atoms with Crippen LogP contribution in [0.3, 0.4) is 0 Å². The minimum atomic E-state index is -1.09. The van der Waals surface area contributed by atoms with E-state index in [9.17, 15) is 14.7 Å². The summed E-state index contributed by atoms with van der Waals surface area (Å²) in [6, 6.07) is 4.44. The van der Waals surface area contributed by atoms with Crippen LogP contribution in [0.15, 0.2) is 35.2 Å². The van der Waals surface area contributed by atoms with Gasteiger partial charge in [-0.2, -0.15) is 0 Å². The number of carbonyl (C=O) groups is 2. The second-order valence-corrected chi connectivity index (χ2v) is 4.70. The normalized spacial score (nSPS) is 10.4. The van der Waals surface area contributed by atoms with Crippen molar-refractivity contribution in [1.29, 1.82) is 0 Å². The summed E-state index contributed by atoms with van der Waals surface area (Å²) in [7, 11) is 1.69. The standard InChI is InChI=1S/C15H16N2O4/c1-3-4-17(2)14(18)11-5-10(13-8-16-9-21-13)6-12(7-11)15(19)20/h5-9H,3-4H2,1-2H3,(H,19,20). The maximum absolute atomic E-state index is 12.3. The number of hydrogen-bond acceptors (Lipinski definition) is 4. The number of nitrogens with zero attached hydrogens (tertiary/aromatic N) is 2. The van der Waals surface area contributed by atoms with Gasteiger partial charge >= 0.3 is 5.97 Å². The molecule has 0 bridgehead atoms. The van der Waals surface area contributed by atoms with E-state index in [0.717, 1.165) is 6.42 Å². The van der Waals surface area contributed by atoms with Crippen LogP contribution in [0.2, 0.25) is 0 Å². The minimum absolute atomic E-state index is 0.0390. The van der Waals surface area contributed by atoms with Crippen LogP contribution in [0.1, 0.15) is 34.1 Å². The Morgan fingerprint density at radius 2 is 2.00 bits per heavy atom. The second kappa shape index (κ2) is 6.21. The van der Waals surface area contributed by atoms with Crippen molar-refractivity contribution < 1.29 is 19.1 Å². The summed E-state index contributed by atoms with van der Waals surface area (Å²) in [5.41, 5.74) is 0.870. The van der Waals surface area contributed by atoms with Crippen LogP contribution in [0, 0.1) is 0 Å². The van der Waals surface area contributed by atoms with E-state index >= 15 is 0 Å². The summed E-state index contributed by atoms with van der Waals surface area (Å²) < 4.78 is 5.17. The number of oxazole rings is 1. The van der Waals surface area contributed by atoms with Gasteiger partial charge in [-0.25, -0.2) is 9.78 Å². The number of rotatable bonds is 5. The Morgan fingerprint density at radius 1 is 1.29 bits per heavy atom. The van der Waals surface area contributed by atoms with E-state index < -0.39 is 5.97 Å². The van der Waals surface area contributed by atoms with Crippen molar-refractivity contribution in [2.75, 3.05) is 13.6 Å². The smallest absolute Gasteiger partial charge is 0.335 e. The van der Waals surface area contributed by atoms with E-state index in [2.05, 4.69) is 4.98 Å². The molecule has 6 nitrogen and oxygen atoms in total. The molecule has 2 aromatic rings. The first-order valence-electron chi connectivity index (χ1n) is 6.55. The molecule has 0 saturated carbocycles. The molecule has 0 radical (unpaired) electrons. The van der Waals surface area contributed by atoms with E-state index in [0.29, 0.717) is 23.4 Å². The topological polar surface area (TPSA) is 83.6 Å². The number of carboxylic acid groups (broad SMARTS) is 1. The van der Waals surface area contributed by atoms with E-state index in [1.165, 1.54) is 24.7 Å². The van der Waals surface area contributed by atoms with Crippen molar-refractivity contribution in [3.63, 3.8) is 0 Å². The molecule has 0 fully saturated rings. The molecule has 1 aromatic carbocycles. The lowest BCUT2D eigenvalue weighted by Gasteiger charge is -2.16. The van der Waals surface area contributed by atoms with Gasteiger partial charge in [0.15, 0.2) is 12.2 Å². The van der Waals surface area contributed by atoms with Gasteiger partial charge in [0.05, 0.1) is 11.8 Å². The largest absolute Gasteiger partial charge is 0.478 e. The zero-order chi connectivity index (χ0) is 15.4. The number of benzene rings is 1. The monoisotopic (exact) mass is 288 g/mol. The molecule has 2 rings (SSSR count). The molecular weight excluding hydrogens is 272 g/mol. The maximum atomic E-state index is 12.3. The van der Waals surface area contributed by atoms with Crippen molar-refractivity contribution in [3.05, 3.63) is 41.9 Å². The summed E-state index contributed by atoms with van der Waals surface area (Å²) in [5.74, 6) is -0.894. The van der Waals surface area contributed by atoms with Crippen LogP contribution in [0.5, 0.6) is 0 Å². The van der Waals surface area contributed by atoms with Gasteiger partial charge in [-0.1, -0.05) is 6.92 Å². The SMILES string of the molecule is CCCN(C)C(=O)c1cc(C(=O)O)cc(-c2cnco2)c1.